The Labute approximate surface area is 125 Å². The maximum atomic E-state index is 12.1. The Balaban J connectivity index is 2.22. The second-order valence-electron chi connectivity index (χ2n) is 4.61. The van der Waals surface area contributed by atoms with Gasteiger partial charge in [-0.25, -0.2) is 0 Å². The molecule has 1 heterocycles. The van der Waals surface area contributed by atoms with Crippen LogP contribution in [0.15, 0.2) is 23.3 Å². The van der Waals surface area contributed by atoms with Gasteiger partial charge in [-0.3, -0.25) is 4.79 Å². The molecule has 1 aliphatic heterocycles. The molecule has 100 valence electrons. The quantitative estimate of drug-likeness (QED) is 0.346. The van der Waals surface area contributed by atoms with Crippen LogP contribution in [0.4, 0.5) is 5.69 Å². The highest BCUT2D eigenvalue weighted by atomic mass is 127. The van der Waals surface area contributed by atoms with Crippen LogP contribution in [0.1, 0.15) is 18.9 Å². The summed E-state index contributed by atoms with van der Waals surface area (Å²) < 4.78 is 1.18. The fourth-order valence-electron chi connectivity index (χ4n) is 2.39. The van der Waals surface area contributed by atoms with Crippen molar-refractivity contribution in [1.29, 1.82) is 0 Å². The molecule has 0 saturated carbocycles. The highest BCUT2D eigenvalue weighted by Crippen LogP contribution is 2.29. The lowest BCUT2D eigenvalue weighted by Crippen LogP contribution is -2.26. The van der Waals surface area contributed by atoms with Gasteiger partial charge < -0.3 is 4.90 Å². The van der Waals surface area contributed by atoms with Crippen molar-refractivity contribution in [2.75, 3.05) is 18.0 Å². The molecule has 1 aromatic rings. The molecule has 1 aliphatic rings. The van der Waals surface area contributed by atoms with E-state index in [0.29, 0.717) is 19.5 Å². The first-order valence-electron chi connectivity index (χ1n) is 6.25. The summed E-state index contributed by atoms with van der Waals surface area (Å²) >= 11 is 2.28. The molecular weight excluding hydrogens is 355 g/mol. The zero-order chi connectivity index (χ0) is 13.8. The number of nitrogens with zero attached hydrogens (tertiary/aromatic N) is 4. The molecule has 0 N–H and O–H groups in total. The highest BCUT2D eigenvalue weighted by Gasteiger charge is 2.30. The van der Waals surface area contributed by atoms with E-state index >= 15 is 0 Å². The smallest absolute Gasteiger partial charge is 0.227 e. The summed E-state index contributed by atoms with van der Waals surface area (Å²) in [6.45, 7) is 3.13. The van der Waals surface area contributed by atoms with Crippen LogP contribution >= 0.6 is 22.6 Å². The number of carbonyl (C=O) groups excluding carboxylic acids is 1. The molecule has 5 nitrogen and oxygen atoms in total. The highest BCUT2D eigenvalue weighted by molar-refractivity contribution is 14.1. The molecule has 6 heteroatoms. The molecular formula is C13H15IN4O. The summed E-state index contributed by atoms with van der Waals surface area (Å²) in [4.78, 5) is 16.7. The number of hydrogen-bond acceptors (Lipinski definition) is 2. The molecule has 19 heavy (non-hydrogen) atoms. The van der Waals surface area contributed by atoms with Gasteiger partial charge in [0.25, 0.3) is 0 Å². The zero-order valence-corrected chi connectivity index (χ0v) is 12.9. The molecule has 0 aromatic heterocycles. The summed E-state index contributed by atoms with van der Waals surface area (Å²) in [5.41, 5.74) is 10.5. The number of aryl methyl sites for hydroxylation is 1. The van der Waals surface area contributed by atoms with Crippen molar-refractivity contribution in [2.24, 2.45) is 11.0 Å². The Morgan fingerprint density at radius 3 is 3.05 bits per heavy atom. The van der Waals surface area contributed by atoms with Crippen LogP contribution in [0.25, 0.3) is 10.4 Å². The van der Waals surface area contributed by atoms with E-state index in [-0.39, 0.29) is 11.8 Å². The molecule has 1 fully saturated rings. The van der Waals surface area contributed by atoms with Gasteiger partial charge in [0.15, 0.2) is 0 Å². The van der Waals surface area contributed by atoms with Crippen molar-refractivity contribution in [3.05, 3.63) is 37.8 Å². The SMILES string of the molecule is CCc1cc(I)ccc1N1CC(CN=[N+]=[N-])CC1=O. The normalized spacial score (nSPS) is 18.5. The summed E-state index contributed by atoms with van der Waals surface area (Å²) in [5, 5.41) is 3.57. The average molecular weight is 370 g/mol. The fourth-order valence-corrected chi connectivity index (χ4v) is 2.94. The van der Waals surface area contributed by atoms with E-state index in [1.165, 1.54) is 9.13 Å². The first kappa shape index (κ1) is 14.1. The number of rotatable bonds is 4. The van der Waals surface area contributed by atoms with Crippen molar-refractivity contribution in [2.45, 2.75) is 19.8 Å². The molecule has 0 bridgehead atoms. The van der Waals surface area contributed by atoms with E-state index in [4.69, 9.17) is 5.53 Å². The minimum atomic E-state index is 0.119. The van der Waals surface area contributed by atoms with Gasteiger partial charge in [-0.05, 0) is 64.2 Å². The van der Waals surface area contributed by atoms with Crippen molar-refractivity contribution < 1.29 is 4.79 Å². The maximum Gasteiger partial charge on any atom is 0.227 e. The van der Waals surface area contributed by atoms with Crippen LogP contribution in [0.3, 0.4) is 0 Å². The third-order valence-corrected chi connectivity index (χ3v) is 3.99. The van der Waals surface area contributed by atoms with Crippen LogP contribution in [0.5, 0.6) is 0 Å². The number of benzene rings is 1. The fraction of sp³-hybridized carbons (Fsp3) is 0.462. The third-order valence-electron chi connectivity index (χ3n) is 3.32. The Bertz CT molecular complexity index is 539. The second kappa shape index (κ2) is 6.25. The lowest BCUT2D eigenvalue weighted by atomic mass is 10.1. The molecule has 1 aromatic carbocycles. The topological polar surface area (TPSA) is 69.1 Å². The summed E-state index contributed by atoms with van der Waals surface area (Å²) in [6.07, 6.45) is 1.37. The van der Waals surface area contributed by atoms with Gasteiger partial charge in [-0.15, -0.1) is 0 Å². The standard InChI is InChI=1S/C13H15IN4O/c1-2-10-6-11(14)3-4-12(10)18-8-9(5-13(18)19)7-16-17-15/h3-4,6,9H,2,5,7-8H2,1H3. The predicted molar refractivity (Wildman–Crippen MR) is 83.0 cm³/mol. The van der Waals surface area contributed by atoms with Crippen molar-refractivity contribution >= 4 is 34.2 Å². The van der Waals surface area contributed by atoms with Gasteiger partial charge in [-0.2, -0.15) is 0 Å². The molecule has 2 rings (SSSR count). The molecule has 0 spiro atoms. The summed E-state index contributed by atoms with van der Waals surface area (Å²) in [5.74, 6) is 0.251. The Morgan fingerprint density at radius 1 is 1.58 bits per heavy atom. The molecule has 1 atom stereocenters. The van der Waals surface area contributed by atoms with Crippen LogP contribution in [0.2, 0.25) is 0 Å². The minimum Gasteiger partial charge on any atom is -0.312 e. The van der Waals surface area contributed by atoms with E-state index in [9.17, 15) is 4.79 Å². The molecule has 0 aliphatic carbocycles. The van der Waals surface area contributed by atoms with Gasteiger partial charge in [0.05, 0.1) is 0 Å². The number of azide groups is 1. The maximum absolute atomic E-state index is 12.1. The monoisotopic (exact) mass is 370 g/mol. The molecule has 1 amide bonds. The first-order valence-corrected chi connectivity index (χ1v) is 7.33. The van der Waals surface area contributed by atoms with Gasteiger partial charge >= 0.3 is 0 Å². The van der Waals surface area contributed by atoms with Gasteiger partial charge in [0, 0.05) is 33.7 Å². The average Bonchev–Trinajstić information content (AvgIpc) is 2.77. The lowest BCUT2D eigenvalue weighted by molar-refractivity contribution is -0.117. The van der Waals surface area contributed by atoms with Crippen LogP contribution in [-0.4, -0.2) is 19.0 Å². The predicted octanol–water partition coefficient (Wildman–Crippen LogP) is 3.52. The molecule has 1 saturated heterocycles. The Hall–Kier alpha value is -1.27. The van der Waals surface area contributed by atoms with E-state index in [0.717, 1.165) is 12.1 Å². The first-order chi connectivity index (χ1) is 9.15. The molecule has 1 unspecified atom stereocenters. The van der Waals surface area contributed by atoms with Crippen LogP contribution in [0, 0.1) is 9.49 Å². The Kier molecular flexibility index (Phi) is 4.66. The number of amides is 1. The van der Waals surface area contributed by atoms with Crippen LogP contribution < -0.4 is 4.90 Å². The summed E-state index contributed by atoms with van der Waals surface area (Å²) in [7, 11) is 0. The number of carbonyl (C=O) groups is 1. The third kappa shape index (κ3) is 3.19. The lowest BCUT2D eigenvalue weighted by Gasteiger charge is -2.20. The van der Waals surface area contributed by atoms with Gasteiger partial charge in [-0.1, -0.05) is 12.0 Å². The van der Waals surface area contributed by atoms with Crippen molar-refractivity contribution in [1.82, 2.24) is 0 Å². The van der Waals surface area contributed by atoms with Gasteiger partial charge in [0.2, 0.25) is 5.91 Å². The minimum absolute atomic E-state index is 0.119. The Morgan fingerprint density at radius 2 is 2.37 bits per heavy atom. The molecule has 0 radical (unpaired) electrons. The summed E-state index contributed by atoms with van der Waals surface area (Å²) in [6, 6.07) is 6.14. The van der Waals surface area contributed by atoms with E-state index < -0.39 is 0 Å². The van der Waals surface area contributed by atoms with Crippen LogP contribution in [-0.2, 0) is 11.2 Å². The van der Waals surface area contributed by atoms with E-state index in [2.05, 4.69) is 45.6 Å². The van der Waals surface area contributed by atoms with E-state index in [1.54, 1.807) is 0 Å². The number of anilines is 1. The van der Waals surface area contributed by atoms with Crippen molar-refractivity contribution in [3.8, 4) is 0 Å². The zero-order valence-electron chi connectivity index (χ0n) is 10.7. The van der Waals surface area contributed by atoms with E-state index in [1.807, 2.05) is 17.0 Å². The van der Waals surface area contributed by atoms with Gasteiger partial charge in [0.1, 0.15) is 0 Å². The second-order valence-corrected chi connectivity index (χ2v) is 5.86. The number of hydrogen-bond donors (Lipinski definition) is 0. The largest absolute Gasteiger partial charge is 0.312 e. The number of halogens is 1. The van der Waals surface area contributed by atoms with Crippen molar-refractivity contribution in [3.63, 3.8) is 0 Å².